The van der Waals surface area contributed by atoms with E-state index in [0.717, 1.165) is 38.8 Å². The summed E-state index contributed by atoms with van der Waals surface area (Å²) >= 11 is 9.58. The molecule has 0 N–H and O–H groups in total. The second kappa shape index (κ2) is 6.93. The largest absolute Gasteiger partial charge is 0.416 e. The normalized spacial score (nSPS) is 16.8. The number of hydrogen-bond acceptors (Lipinski definition) is 3. The van der Waals surface area contributed by atoms with Crippen molar-refractivity contribution in [2.24, 2.45) is 0 Å². The summed E-state index contributed by atoms with van der Waals surface area (Å²) in [6.07, 6.45) is -2.82. The molecule has 0 spiro atoms. The Labute approximate surface area is 159 Å². The van der Waals surface area contributed by atoms with Gasteiger partial charge in [0.15, 0.2) is 4.32 Å². The van der Waals surface area contributed by atoms with Gasteiger partial charge in [0.1, 0.15) is 0 Å². The van der Waals surface area contributed by atoms with Crippen LogP contribution < -0.4 is 4.90 Å². The first kappa shape index (κ1) is 18.2. The first-order chi connectivity index (χ1) is 11.8. The van der Waals surface area contributed by atoms with Gasteiger partial charge in [-0.25, -0.2) is 0 Å². The zero-order valence-corrected chi connectivity index (χ0v) is 15.6. The topological polar surface area (TPSA) is 20.3 Å². The van der Waals surface area contributed by atoms with Gasteiger partial charge >= 0.3 is 6.18 Å². The SMILES string of the molecule is O=C1/C(=C\c2ccc(Br)cc2)SC(=S)N1c1cccc(C(F)(F)F)c1. The summed E-state index contributed by atoms with van der Waals surface area (Å²) in [7, 11) is 0. The highest BCUT2D eigenvalue weighted by Gasteiger charge is 2.36. The Morgan fingerprint density at radius 1 is 1.12 bits per heavy atom. The van der Waals surface area contributed by atoms with Crippen molar-refractivity contribution in [3.05, 3.63) is 69.0 Å². The van der Waals surface area contributed by atoms with E-state index in [1.807, 2.05) is 24.3 Å². The fourth-order valence-corrected chi connectivity index (χ4v) is 3.79. The molecule has 0 bridgehead atoms. The number of carbonyl (C=O) groups excluding carboxylic acids is 1. The van der Waals surface area contributed by atoms with Crippen molar-refractivity contribution in [1.82, 2.24) is 0 Å². The Hall–Kier alpha value is -1.64. The van der Waals surface area contributed by atoms with E-state index in [0.29, 0.717) is 4.91 Å². The first-order valence-corrected chi connectivity index (χ1v) is 8.98. The van der Waals surface area contributed by atoms with Gasteiger partial charge in [0.25, 0.3) is 5.91 Å². The average molecular weight is 444 g/mol. The highest BCUT2D eigenvalue weighted by atomic mass is 79.9. The van der Waals surface area contributed by atoms with Crippen LogP contribution in [0.25, 0.3) is 6.08 Å². The zero-order chi connectivity index (χ0) is 18.2. The maximum absolute atomic E-state index is 12.9. The minimum absolute atomic E-state index is 0.108. The van der Waals surface area contributed by atoms with E-state index in [-0.39, 0.29) is 10.0 Å². The number of rotatable bonds is 2. The summed E-state index contributed by atoms with van der Waals surface area (Å²) < 4.78 is 39.8. The third-order valence-corrected chi connectivity index (χ3v) is 5.22. The summed E-state index contributed by atoms with van der Waals surface area (Å²) in [5, 5.41) is 0. The van der Waals surface area contributed by atoms with E-state index in [4.69, 9.17) is 12.2 Å². The lowest BCUT2D eigenvalue weighted by molar-refractivity contribution is -0.137. The molecule has 0 radical (unpaired) electrons. The van der Waals surface area contributed by atoms with Gasteiger partial charge in [0.2, 0.25) is 0 Å². The van der Waals surface area contributed by atoms with E-state index in [9.17, 15) is 18.0 Å². The van der Waals surface area contributed by atoms with Gasteiger partial charge in [-0.1, -0.05) is 58.1 Å². The van der Waals surface area contributed by atoms with Crippen molar-refractivity contribution in [3.8, 4) is 0 Å². The molecule has 0 aliphatic carbocycles. The van der Waals surface area contributed by atoms with E-state index < -0.39 is 17.6 Å². The lowest BCUT2D eigenvalue weighted by Gasteiger charge is -2.16. The number of thioether (sulfide) groups is 1. The maximum atomic E-state index is 12.9. The zero-order valence-electron chi connectivity index (χ0n) is 12.4. The summed E-state index contributed by atoms with van der Waals surface area (Å²) in [4.78, 5) is 14.1. The molecule has 2 aromatic carbocycles. The van der Waals surface area contributed by atoms with Crippen LogP contribution >= 0.6 is 39.9 Å². The summed E-state index contributed by atoms with van der Waals surface area (Å²) in [5.74, 6) is -0.433. The van der Waals surface area contributed by atoms with Crippen LogP contribution in [-0.4, -0.2) is 10.2 Å². The molecule has 0 unspecified atom stereocenters. The Balaban J connectivity index is 1.93. The molecule has 1 aliphatic rings. The fraction of sp³-hybridized carbons (Fsp3) is 0.0588. The van der Waals surface area contributed by atoms with Gasteiger partial charge in [0, 0.05) is 4.47 Å². The summed E-state index contributed by atoms with van der Waals surface area (Å²) in [6.45, 7) is 0. The average Bonchev–Trinajstić information content (AvgIpc) is 2.83. The maximum Gasteiger partial charge on any atom is 0.416 e. The van der Waals surface area contributed by atoms with Crippen LogP contribution in [-0.2, 0) is 11.0 Å². The Bertz CT molecular complexity index is 878. The van der Waals surface area contributed by atoms with Crippen LogP contribution in [0.1, 0.15) is 11.1 Å². The molecule has 8 heteroatoms. The predicted octanol–water partition coefficient (Wildman–Crippen LogP) is 5.87. The van der Waals surface area contributed by atoms with Crippen LogP contribution in [0.2, 0.25) is 0 Å². The fourth-order valence-electron chi connectivity index (χ4n) is 2.22. The standard InChI is InChI=1S/C17H9BrF3NOS2/c18-12-6-4-10(5-7-12)8-14-15(23)22(16(24)25-14)13-3-1-2-11(9-13)17(19,20)21/h1-9H/b14-8+. The van der Waals surface area contributed by atoms with E-state index in [1.54, 1.807) is 6.08 Å². The number of carbonyl (C=O) groups is 1. The summed E-state index contributed by atoms with van der Waals surface area (Å²) in [6, 6.07) is 11.9. The van der Waals surface area contributed by atoms with Crippen LogP contribution in [0.15, 0.2) is 57.9 Å². The van der Waals surface area contributed by atoms with Gasteiger partial charge in [-0.2, -0.15) is 13.2 Å². The molecular formula is C17H9BrF3NOS2. The third kappa shape index (κ3) is 3.96. The number of nitrogens with zero attached hydrogens (tertiary/aromatic N) is 1. The lowest BCUT2D eigenvalue weighted by Crippen LogP contribution is -2.27. The van der Waals surface area contributed by atoms with Crippen LogP contribution in [0.4, 0.5) is 18.9 Å². The van der Waals surface area contributed by atoms with Crippen molar-refractivity contribution in [2.75, 3.05) is 4.90 Å². The first-order valence-electron chi connectivity index (χ1n) is 6.96. The van der Waals surface area contributed by atoms with E-state index in [1.165, 1.54) is 12.1 Å². The van der Waals surface area contributed by atoms with Gasteiger partial charge < -0.3 is 0 Å². The third-order valence-electron chi connectivity index (χ3n) is 3.39. The second-order valence-electron chi connectivity index (χ2n) is 5.12. The van der Waals surface area contributed by atoms with Crippen LogP contribution in [0.5, 0.6) is 0 Å². The molecule has 128 valence electrons. The van der Waals surface area contributed by atoms with Crippen molar-refractivity contribution < 1.29 is 18.0 Å². The Morgan fingerprint density at radius 2 is 1.80 bits per heavy atom. The van der Waals surface area contributed by atoms with Gasteiger partial charge in [0.05, 0.1) is 16.2 Å². The number of hydrogen-bond donors (Lipinski definition) is 0. The van der Waals surface area contributed by atoms with Crippen LogP contribution in [0.3, 0.4) is 0 Å². The molecule has 0 atom stereocenters. The van der Waals surface area contributed by atoms with Crippen molar-refractivity contribution in [1.29, 1.82) is 0 Å². The molecule has 1 aliphatic heterocycles. The Kier molecular flexibility index (Phi) is 5.04. The molecule has 25 heavy (non-hydrogen) atoms. The number of benzene rings is 2. The minimum atomic E-state index is -4.48. The Morgan fingerprint density at radius 3 is 2.44 bits per heavy atom. The molecule has 0 saturated carbocycles. The number of alkyl halides is 3. The monoisotopic (exact) mass is 443 g/mol. The molecule has 2 aromatic rings. The quantitative estimate of drug-likeness (QED) is 0.427. The highest BCUT2D eigenvalue weighted by Crippen LogP contribution is 2.38. The van der Waals surface area contributed by atoms with E-state index >= 15 is 0 Å². The van der Waals surface area contributed by atoms with Gasteiger partial charge in [-0.05, 0) is 42.0 Å². The molecule has 1 amide bonds. The molecule has 3 rings (SSSR count). The van der Waals surface area contributed by atoms with Crippen molar-refractivity contribution >= 4 is 61.9 Å². The highest BCUT2D eigenvalue weighted by molar-refractivity contribution is 9.10. The number of amides is 1. The van der Waals surface area contributed by atoms with Crippen LogP contribution in [0, 0.1) is 0 Å². The van der Waals surface area contributed by atoms with E-state index in [2.05, 4.69) is 15.9 Å². The predicted molar refractivity (Wildman–Crippen MR) is 101 cm³/mol. The van der Waals surface area contributed by atoms with Crippen molar-refractivity contribution in [2.45, 2.75) is 6.18 Å². The molecular weight excluding hydrogens is 435 g/mol. The van der Waals surface area contributed by atoms with Crippen molar-refractivity contribution in [3.63, 3.8) is 0 Å². The molecule has 1 fully saturated rings. The molecule has 2 nitrogen and oxygen atoms in total. The van der Waals surface area contributed by atoms with Gasteiger partial charge in [-0.15, -0.1) is 0 Å². The molecule has 1 saturated heterocycles. The molecule has 0 aromatic heterocycles. The molecule has 1 heterocycles. The number of halogens is 4. The minimum Gasteiger partial charge on any atom is -0.268 e. The van der Waals surface area contributed by atoms with Gasteiger partial charge in [-0.3, -0.25) is 9.69 Å². The number of anilines is 1. The number of thiocarbonyl (C=S) groups is 1. The summed E-state index contributed by atoms with van der Waals surface area (Å²) in [5.41, 5.74) is 0.0835. The lowest BCUT2D eigenvalue weighted by atomic mass is 10.1. The smallest absolute Gasteiger partial charge is 0.268 e. The second-order valence-corrected chi connectivity index (χ2v) is 7.71.